The summed E-state index contributed by atoms with van der Waals surface area (Å²) >= 11 is 7.08. The van der Waals surface area contributed by atoms with E-state index in [1.807, 2.05) is 0 Å². The number of halogens is 2. The van der Waals surface area contributed by atoms with Crippen molar-refractivity contribution in [1.29, 1.82) is 0 Å². The van der Waals surface area contributed by atoms with Crippen molar-refractivity contribution in [2.75, 3.05) is 45.8 Å². The maximum Gasteiger partial charge on any atom is 0.322 e. The molecule has 0 atom stereocenters. The van der Waals surface area contributed by atoms with Crippen LogP contribution in [0.2, 0.25) is 5.02 Å². The summed E-state index contributed by atoms with van der Waals surface area (Å²) in [4.78, 5) is 30.9. The smallest absolute Gasteiger partial charge is 0.322 e. The van der Waals surface area contributed by atoms with Crippen molar-refractivity contribution >= 4 is 40.6 Å². The van der Waals surface area contributed by atoms with Gasteiger partial charge in [-0.25, -0.2) is 14.2 Å². The van der Waals surface area contributed by atoms with Crippen molar-refractivity contribution in [3.05, 3.63) is 45.1 Å². The Bertz CT molecular complexity index is 867. The summed E-state index contributed by atoms with van der Waals surface area (Å²) in [6.45, 7) is 2.16. The van der Waals surface area contributed by atoms with E-state index < -0.39 is 5.82 Å². The number of thiazole rings is 1. The van der Waals surface area contributed by atoms with Crippen LogP contribution in [-0.2, 0) is 16.0 Å². The maximum absolute atomic E-state index is 13.4. The number of carbonyl (C=O) groups excluding carboxylic acids is 2. The predicted octanol–water partition coefficient (Wildman–Crippen LogP) is 3.77. The van der Waals surface area contributed by atoms with Gasteiger partial charge in [-0.1, -0.05) is 11.6 Å². The highest BCUT2D eigenvalue weighted by Gasteiger charge is 2.18. The number of ether oxygens (including phenoxy) is 2. The average molecular weight is 473 g/mol. The number of nitrogens with one attached hydrogen (secondary N) is 2. The van der Waals surface area contributed by atoms with Crippen molar-refractivity contribution in [1.82, 2.24) is 15.2 Å². The second-order valence-corrected chi connectivity index (χ2v) is 7.91. The molecule has 1 heterocycles. The first-order valence-corrected chi connectivity index (χ1v) is 10.9. The summed E-state index contributed by atoms with van der Waals surface area (Å²) in [5.41, 5.74) is 0.684. The van der Waals surface area contributed by atoms with Crippen LogP contribution in [0.25, 0.3) is 0 Å². The number of nitrogens with zero attached hydrogens (tertiary/aromatic N) is 2. The van der Waals surface area contributed by atoms with Gasteiger partial charge in [-0.2, -0.15) is 0 Å². The molecule has 0 saturated carbocycles. The van der Waals surface area contributed by atoms with E-state index in [-0.39, 0.29) is 23.5 Å². The summed E-state index contributed by atoms with van der Waals surface area (Å²) in [5.74, 6) is -0.831. The van der Waals surface area contributed by atoms with Crippen LogP contribution in [0.3, 0.4) is 0 Å². The number of methoxy groups -OCH3 is 2. The highest BCUT2D eigenvalue weighted by molar-refractivity contribution is 7.09. The third-order valence-electron chi connectivity index (χ3n) is 4.16. The number of aromatic nitrogens is 1. The van der Waals surface area contributed by atoms with E-state index in [0.717, 1.165) is 0 Å². The molecule has 2 rings (SSSR count). The molecule has 31 heavy (non-hydrogen) atoms. The monoisotopic (exact) mass is 472 g/mol. The number of amides is 3. The summed E-state index contributed by atoms with van der Waals surface area (Å²) in [7, 11) is 3.19. The van der Waals surface area contributed by atoms with E-state index >= 15 is 0 Å². The van der Waals surface area contributed by atoms with Crippen molar-refractivity contribution < 1.29 is 23.5 Å². The van der Waals surface area contributed by atoms with Crippen molar-refractivity contribution in [2.24, 2.45) is 0 Å². The van der Waals surface area contributed by atoms with E-state index in [9.17, 15) is 14.0 Å². The molecule has 2 aromatic rings. The number of anilines is 1. The minimum atomic E-state index is -0.563. The molecule has 0 saturated heterocycles. The van der Waals surface area contributed by atoms with Crippen LogP contribution in [0.4, 0.5) is 14.9 Å². The molecule has 0 bridgehead atoms. The zero-order valence-electron chi connectivity index (χ0n) is 17.5. The van der Waals surface area contributed by atoms with Gasteiger partial charge in [-0.15, -0.1) is 11.3 Å². The van der Waals surface area contributed by atoms with Gasteiger partial charge >= 0.3 is 6.03 Å². The molecule has 0 fully saturated rings. The lowest BCUT2D eigenvalue weighted by Crippen LogP contribution is -2.35. The molecular formula is C20H26ClFN4O4S. The van der Waals surface area contributed by atoms with Crippen molar-refractivity contribution in [3.8, 4) is 0 Å². The standard InChI is InChI=1S/C20H26ClFN4O4S/c1-29-9-3-7-23-19(27)17-13-31-18(25-17)12-26(8-4-10-30-2)20(28)24-14-5-6-16(22)15(21)11-14/h5-6,11,13H,3-4,7-10,12H2,1-2H3,(H,23,27)(H,24,28). The molecular weight excluding hydrogens is 447 g/mol. The number of hydrogen-bond acceptors (Lipinski definition) is 6. The molecule has 8 nitrogen and oxygen atoms in total. The molecule has 2 N–H and O–H groups in total. The number of benzene rings is 1. The summed E-state index contributed by atoms with van der Waals surface area (Å²) in [6.07, 6.45) is 1.33. The Hall–Kier alpha value is -2.27. The summed E-state index contributed by atoms with van der Waals surface area (Å²) in [6, 6.07) is 3.57. The Morgan fingerprint density at radius 1 is 1.23 bits per heavy atom. The molecule has 1 aromatic heterocycles. The predicted molar refractivity (Wildman–Crippen MR) is 118 cm³/mol. The molecule has 1 aromatic carbocycles. The Kier molecular flexibility index (Phi) is 10.6. The second-order valence-electron chi connectivity index (χ2n) is 6.56. The number of urea groups is 1. The normalized spacial score (nSPS) is 10.7. The third kappa shape index (κ3) is 8.41. The largest absolute Gasteiger partial charge is 0.385 e. The van der Waals surface area contributed by atoms with Gasteiger partial charge in [0.25, 0.3) is 5.91 Å². The number of hydrogen-bond donors (Lipinski definition) is 2. The highest BCUT2D eigenvalue weighted by Crippen LogP contribution is 2.20. The molecule has 0 aliphatic carbocycles. The third-order valence-corrected chi connectivity index (χ3v) is 5.28. The first kappa shape index (κ1) is 25.0. The zero-order chi connectivity index (χ0) is 22.6. The molecule has 170 valence electrons. The fourth-order valence-corrected chi connectivity index (χ4v) is 3.56. The minimum Gasteiger partial charge on any atom is -0.385 e. The van der Waals surface area contributed by atoms with Gasteiger partial charge < -0.3 is 25.0 Å². The first-order chi connectivity index (χ1) is 14.9. The van der Waals surface area contributed by atoms with Crippen LogP contribution in [0, 0.1) is 5.82 Å². The van der Waals surface area contributed by atoms with Crippen LogP contribution >= 0.6 is 22.9 Å². The molecule has 0 unspecified atom stereocenters. The second kappa shape index (κ2) is 13.2. The SMILES string of the molecule is COCCCNC(=O)c1csc(CN(CCCOC)C(=O)Nc2ccc(F)c(Cl)c2)n1. The molecule has 0 radical (unpaired) electrons. The number of rotatable bonds is 12. The van der Waals surface area contributed by atoms with Gasteiger partial charge in [0, 0.05) is 51.6 Å². The van der Waals surface area contributed by atoms with E-state index in [2.05, 4.69) is 15.6 Å². The van der Waals surface area contributed by atoms with Gasteiger partial charge in [0.15, 0.2) is 0 Å². The lowest BCUT2D eigenvalue weighted by Gasteiger charge is -2.22. The Balaban J connectivity index is 2.01. The fourth-order valence-electron chi connectivity index (χ4n) is 2.59. The summed E-state index contributed by atoms with van der Waals surface area (Å²) < 4.78 is 23.4. The van der Waals surface area contributed by atoms with Crippen LogP contribution < -0.4 is 10.6 Å². The highest BCUT2D eigenvalue weighted by atomic mass is 35.5. The lowest BCUT2D eigenvalue weighted by molar-refractivity contribution is 0.0944. The number of carbonyl (C=O) groups is 2. The lowest BCUT2D eigenvalue weighted by atomic mass is 10.3. The maximum atomic E-state index is 13.4. The van der Waals surface area contributed by atoms with E-state index in [1.54, 1.807) is 24.5 Å². The quantitative estimate of drug-likeness (QED) is 0.459. The molecule has 0 aliphatic rings. The van der Waals surface area contributed by atoms with Crippen molar-refractivity contribution in [3.63, 3.8) is 0 Å². The molecule has 11 heteroatoms. The van der Waals surface area contributed by atoms with E-state index in [0.29, 0.717) is 55.5 Å². The van der Waals surface area contributed by atoms with Crippen LogP contribution in [-0.4, -0.2) is 62.3 Å². The average Bonchev–Trinajstić information content (AvgIpc) is 3.22. The van der Waals surface area contributed by atoms with Crippen molar-refractivity contribution in [2.45, 2.75) is 19.4 Å². The first-order valence-electron chi connectivity index (χ1n) is 9.66. The van der Waals surface area contributed by atoms with Gasteiger partial charge in [-0.05, 0) is 31.0 Å². The molecule has 0 aliphatic heterocycles. The van der Waals surface area contributed by atoms with Gasteiger partial charge in [0.05, 0.1) is 11.6 Å². The molecule has 0 spiro atoms. The Labute approximate surface area is 189 Å². The van der Waals surface area contributed by atoms with E-state index in [1.165, 1.54) is 29.5 Å². The Morgan fingerprint density at radius 2 is 1.97 bits per heavy atom. The van der Waals surface area contributed by atoms with E-state index in [4.69, 9.17) is 21.1 Å². The van der Waals surface area contributed by atoms with Crippen LogP contribution in [0.1, 0.15) is 28.3 Å². The minimum absolute atomic E-state index is 0.0789. The molecule has 3 amide bonds. The fraction of sp³-hybridized carbons (Fsp3) is 0.450. The summed E-state index contributed by atoms with van der Waals surface area (Å²) in [5, 5.41) is 7.68. The van der Waals surface area contributed by atoms with Crippen LogP contribution in [0.5, 0.6) is 0 Å². The Morgan fingerprint density at radius 3 is 2.68 bits per heavy atom. The van der Waals surface area contributed by atoms with Gasteiger partial charge in [0.2, 0.25) is 0 Å². The zero-order valence-corrected chi connectivity index (χ0v) is 19.0. The van der Waals surface area contributed by atoms with Gasteiger partial charge in [-0.3, -0.25) is 4.79 Å². The van der Waals surface area contributed by atoms with Gasteiger partial charge in [0.1, 0.15) is 16.5 Å². The topological polar surface area (TPSA) is 92.8 Å². The van der Waals surface area contributed by atoms with Crippen LogP contribution in [0.15, 0.2) is 23.6 Å².